The third-order valence-corrected chi connectivity index (χ3v) is 6.40. The molecule has 1 N–H and O–H groups in total. The first kappa shape index (κ1) is 21.1. The van der Waals surface area contributed by atoms with Crippen LogP contribution in [0.1, 0.15) is 69.6 Å². The van der Waals surface area contributed by atoms with E-state index in [4.69, 9.17) is 4.74 Å². The standard InChI is InChI=1S/C21H24N6O3S/c1-2-3-11-27-17(24-25-26-27)13-30-21(29)18-15-8-4-5-9-16(15)31-20(18)23-19(28)14-7-6-10-22-12-14/h6-7,10,12H,2-5,8-9,11,13H2,1H3,(H,23,28). The van der Waals surface area contributed by atoms with Gasteiger partial charge in [0.2, 0.25) is 0 Å². The number of carbonyl (C=O) groups is 2. The van der Waals surface area contributed by atoms with Gasteiger partial charge in [-0.2, -0.15) is 0 Å². The number of carbonyl (C=O) groups excluding carboxylic acids is 2. The first-order valence-electron chi connectivity index (χ1n) is 10.5. The summed E-state index contributed by atoms with van der Waals surface area (Å²) in [5.74, 6) is -0.262. The van der Waals surface area contributed by atoms with Crippen molar-refractivity contribution in [3.8, 4) is 0 Å². The van der Waals surface area contributed by atoms with Crippen molar-refractivity contribution >= 4 is 28.2 Å². The minimum Gasteiger partial charge on any atom is -0.454 e. The molecule has 3 aromatic heterocycles. The number of amides is 1. The molecule has 1 aliphatic carbocycles. The molecule has 0 aliphatic heterocycles. The van der Waals surface area contributed by atoms with Gasteiger partial charge >= 0.3 is 5.97 Å². The zero-order valence-electron chi connectivity index (χ0n) is 17.3. The van der Waals surface area contributed by atoms with Crippen molar-refractivity contribution in [1.29, 1.82) is 0 Å². The molecule has 3 aromatic rings. The number of nitrogens with one attached hydrogen (secondary N) is 1. The summed E-state index contributed by atoms with van der Waals surface area (Å²) in [6.07, 6.45) is 8.84. The van der Waals surface area contributed by atoms with Gasteiger partial charge in [-0.15, -0.1) is 16.4 Å². The number of nitrogens with zero attached hydrogens (tertiary/aromatic N) is 5. The Bertz CT molecular complexity index is 1060. The summed E-state index contributed by atoms with van der Waals surface area (Å²) < 4.78 is 7.24. The van der Waals surface area contributed by atoms with E-state index in [1.807, 2.05) is 0 Å². The Morgan fingerprint density at radius 3 is 2.97 bits per heavy atom. The maximum Gasteiger partial charge on any atom is 0.341 e. The fourth-order valence-corrected chi connectivity index (χ4v) is 4.83. The van der Waals surface area contributed by atoms with Gasteiger partial charge in [-0.05, 0) is 60.2 Å². The van der Waals surface area contributed by atoms with Gasteiger partial charge < -0.3 is 10.1 Å². The number of pyridine rings is 1. The van der Waals surface area contributed by atoms with Crippen LogP contribution in [0.25, 0.3) is 0 Å². The highest BCUT2D eigenvalue weighted by Crippen LogP contribution is 2.38. The highest BCUT2D eigenvalue weighted by Gasteiger charge is 2.28. The van der Waals surface area contributed by atoms with Crippen LogP contribution in [0.3, 0.4) is 0 Å². The van der Waals surface area contributed by atoms with Crippen molar-refractivity contribution in [1.82, 2.24) is 25.2 Å². The molecule has 31 heavy (non-hydrogen) atoms. The van der Waals surface area contributed by atoms with Crippen molar-refractivity contribution in [3.05, 3.63) is 51.9 Å². The van der Waals surface area contributed by atoms with Crippen molar-refractivity contribution < 1.29 is 14.3 Å². The van der Waals surface area contributed by atoms with Crippen molar-refractivity contribution in [2.45, 2.75) is 58.6 Å². The molecule has 0 atom stereocenters. The van der Waals surface area contributed by atoms with E-state index in [0.29, 0.717) is 28.5 Å². The molecule has 4 rings (SSSR count). The highest BCUT2D eigenvalue weighted by atomic mass is 32.1. The summed E-state index contributed by atoms with van der Waals surface area (Å²) in [7, 11) is 0. The van der Waals surface area contributed by atoms with E-state index in [-0.39, 0.29) is 12.5 Å². The van der Waals surface area contributed by atoms with Crippen LogP contribution in [0.2, 0.25) is 0 Å². The molecule has 0 unspecified atom stereocenters. The zero-order valence-corrected chi connectivity index (χ0v) is 18.2. The molecular weight excluding hydrogens is 416 g/mol. The van der Waals surface area contributed by atoms with Crippen LogP contribution in [0.5, 0.6) is 0 Å². The van der Waals surface area contributed by atoms with Crippen LogP contribution in [-0.2, 0) is 30.7 Å². The summed E-state index contributed by atoms with van der Waals surface area (Å²) in [6.45, 7) is 2.75. The summed E-state index contributed by atoms with van der Waals surface area (Å²) in [4.78, 5) is 30.9. The maximum absolute atomic E-state index is 13.1. The minimum atomic E-state index is -0.467. The van der Waals surface area contributed by atoms with Crippen LogP contribution < -0.4 is 5.32 Å². The van der Waals surface area contributed by atoms with E-state index in [2.05, 4.69) is 32.7 Å². The van der Waals surface area contributed by atoms with Gasteiger partial charge in [-0.1, -0.05) is 13.3 Å². The number of thiophene rings is 1. The Morgan fingerprint density at radius 1 is 1.29 bits per heavy atom. The lowest BCUT2D eigenvalue weighted by Gasteiger charge is -2.13. The summed E-state index contributed by atoms with van der Waals surface area (Å²) in [5.41, 5.74) is 1.86. The number of esters is 1. The third kappa shape index (κ3) is 4.79. The van der Waals surface area contributed by atoms with E-state index in [1.54, 1.807) is 23.0 Å². The van der Waals surface area contributed by atoms with Crippen LogP contribution in [0.4, 0.5) is 5.00 Å². The van der Waals surface area contributed by atoms with Gasteiger partial charge in [0.1, 0.15) is 5.00 Å². The number of fused-ring (bicyclic) bond motifs is 1. The first-order valence-corrected chi connectivity index (χ1v) is 11.3. The summed E-state index contributed by atoms with van der Waals surface area (Å²) in [5, 5.41) is 15.0. The number of ether oxygens (including phenoxy) is 1. The van der Waals surface area contributed by atoms with E-state index in [1.165, 1.54) is 17.5 Å². The van der Waals surface area contributed by atoms with Crippen LogP contribution >= 0.6 is 11.3 Å². The molecule has 0 radical (unpaired) electrons. The predicted molar refractivity (Wildman–Crippen MR) is 115 cm³/mol. The van der Waals surface area contributed by atoms with E-state index in [0.717, 1.165) is 49.0 Å². The lowest BCUT2D eigenvalue weighted by Crippen LogP contribution is -2.17. The second kappa shape index (κ2) is 9.78. The van der Waals surface area contributed by atoms with Gasteiger partial charge in [-0.25, -0.2) is 9.48 Å². The third-order valence-electron chi connectivity index (χ3n) is 5.19. The molecule has 9 nitrogen and oxygen atoms in total. The molecule has 0 spiro atoms. The Balaban J connectivity index is 1.54. The van der Waals surface area contributed by atoms with E-state index >= 15 is 0 Å². The quantitative estimate of drug-likeness (QED) is 0.534. The Morgan fingerprint density at radius 2 is 2.16 bits per heavy atom. The fourth-order valence-electron chi connectivity index (χ4n) is 3.55. The number of aromatic nitrogens is 5. The molecule has 162 valence electrons. The molecule has 1 aliphatic rings. The first-order chi connectivity index (χ1) is 15.2. The number of tetrazole rings is 1. The summed E-state index contributed by atoms with van der Waals surface area (Å²) >= 11 is 1.45. The second-order valence-electron chi connectivity index (χ2n) is 7.36. The summed E-state index contributed by atoms with van der Waals surface area (Å²) in [6, 6.07) is 3.39. The molecule has 10 heteroatoms. The zero-order chi connectivity index (χ0) is 21.6. The van der Waals surface area contributed by atoms with Crippen molar-refractivity contribution in [2.24, 2.45) is 0 Å². The molecule has 0 bridgehead atoms. The highest BCUT2D eigenvalue weighted by molar-refractivity contribution is 7.17. The molecule has 0 fully saturated rings. The Labute approximate surface area is 183 Å². The predicted octanol–water partition coefficient (Wildman–Crippen LogP) is 3.42. The van der Waals surface area contributed by atoms with Gasteiger partial charge in [0, 0.05) is 23.8 Å². The fraction of sp³-hybridized carbons (Fsp3) is 0.429. The Hall–Kier alpha value is -3.14. The Kier molecular flexibility index (Phi) is 6.66. The van der Waals surface area contributed by atoms with Crippen LogP contribution in [0.15, 0.2) is 24.5 Å². The van der Waals surface area contributed by atoms with Crippen molar-refractivity contribution in [3.63, 3.8) is 0 Å². The normalized spacial score (nSPS) is 12.9. The number of hydrogen-bond donors (Lipinski definition) is 1. The monoisotopic (exact) mass is 440 g/mol. The lowest BCUT2D eigenvalue weighted by atomic mass is 9.95. The number of rotatable bonds is 8. The topological polar surface area (TPSA) is 112 Å². The van der Waals surface area contributed by atoms with E-state index in [9.17, 15) is 9.59 Å². The molecule has 0 saturated heterocycles. The molecule has 3 heterocycles. The minimum absolute atomic E-state index is 0.0177. The molecule has 0 saturated carbocycles. The maximum atomic E-state index is 13.1. The van der Waals surface area contributed by atoms with E-state index < -0.39 is 5.97 Å². The number of anilines is 1. The largest absolute Gasteiger partial charge is 0.454 e. The van der Waals surface area contributed by atoms with Crippen LogP contribution in [0, 0.1) is 0 Å². The van der Waals surface area contributed by atoms with Crippen LogP contribution in [-0.4, -0.2) is 37.1 Å². The van der Waals surface area contributed by atoms with Gasteiger partial charge in [0.25, 0.3) is 5.91 Å². The number of hydrogen-bond acceptors (Lipinski definition) is 8. The van der Waals surface area contributed by atoms with Gasteiger partial charge in [-0.3, -0.25) is 9.78 Å². The smallest absolute Gasteiger partial charge is 0.341 e. The second-order valence-corrected chi connectivity index (χ2v) is 8.46. The number of unbranched alkanes of at least 4 members (excludes halogenated alkanes) is 1. The van der Waals surface area contributed by atoms with Crippen molar-refractivity contribution in [2.75, 3.05) is 5.32 Å². The average molecular weight is 441 g/mol. The lowest BCUT2D eigenvalue weighted by molar-refractivity contribution is 0.0456. The molecule has 1 amide bonds. The average Bonchev–Trinajstić information content (AvgIpc) is 3.40. The van der Waals surface area contributed by atoms with Gasteiger partial charge in [0.05, 0.1) is 11.1 Å². The SMILES string of the molecule is CCCCn1nnnc1COC(=O)c1c(NC(=O)c2cccnc2)sc2c1CCCC2. The molecular formula is C21H24N6O3S. The molecule has 0 aromatic carbocycles. The number of aryl methyl sites for hydroxylation is 2. The van der Waals surface area contributed by atoms with Gasteiger partial charge in [0.15, 0.2) is 12.4 Å².